The molecule has 0 bridgehead atoms. The van der Waals surface area contributed by atoms with E-state index in [2.05, 4.69) is 24.5 Å². The fraction of sp³-hybridized carbons (Fsp3) is 0.941. The molecule has 6 nitrogen and oxygen atoms in total. The maximum Gasteiger partial charge on any atom is 0.213 e. The van der Waals surface area contributed by atoms with Crippen molar-refractivity contribution in [2.45, 2.75) is 65.3 Å². The molecule has 1 saturated carbocycles. The fourth-order valence-corrected chi connectivity index (χ4v) is 4.76. The Hall–Kier alpha value is -0.820. The first kappa shape index (κ1) is 19.5. The Labute approximate surface area is 147 Å². The van der Waals surface area contributed by atoms with E-state index in [0.717, 1.165) is 31.9 Å². The molecule has 0 aromatic carbocycles. The quantitative estimate of drug-likeness (QED) is 0.562. The zero-order valence-corrected chi connectivity index (χ0v) is 16.3. The molecule has 140 valence electrons. The molecule has 0 aromatic heterocycles. The van der Waals surface area contributed by atoms with Gasteiger partial charge < -0.3 is 10.6 Å². The molecule has 24 heavy (non-hydrogen) atoms. The summed E-state index contributed by atoms with van der Waals surface area (Å²) >= 11 is 0. The lowest BCUT2D eigenvalue weighted by Gasteiger charge is -2.32. The first-order chi connectivity index (χ1) is 11.4. The van der Waals surface area contributed by atoms with Crippen molar-refractivity contribution in [3.05, 3.63) is 0 Å². The summed E-state index contributed by atoms with van der Waals surface area (Å²) in [6, 6.07) is 0.294. The summed E-state index contributed by atoms with van der Waals surface area (Å²) in [5.74, 6) is 1.07. The average molecular weight is 359 g/mol. The van der Waals surface area contributed by atoms with Crippen LogP contribution in [0.5, 0.6) is 0 Å². The number of hydrogen-bond acceptors (Lipinski definition) is 3. The van der Waals surface area contributed by atoms with Crippen molar-refractivity contribution in [3.8, 4) is 0 Å². The molecule has 7 heteroatoms. The molecule has 0 aromatic rings. The lowest BCUT2D eigenvalue weighted by molar-refractivity contribution is 0.305. The molecular weight excluding hydrogens is 324 g/mol. The van der Waals surface area contributed by atoms with Gasteiger partial charge in [0.1, 0.15) is 0 Å². The van der Waals surface area contributed by atoms with Crippen molar-refractivity contribution in [3.63, 3.8) is 0 Å². The predicted molar refractivity (Wildman–Crippen MR) is 99.7 cm³/mol. The van der Waals surface area contributed by atoms with E-state index in [1.165, 1.54) is 25.7 Å². The van der Waals surface area contributed by atoms with Crippen LogP contribution in [0.2, 0.25) is 0 Å². The van der Waals surface area contributed by atoms with Gasteiger partial charge in [0.05, 0.1) is 5.75 Å². The van der Waals surface area contributed by atoms with Crippen LogP contribution in [0, 0.1) is 5.41 Å². The Morgan fingerprint density at radius 1 is 1.21 bits per heavy atom. The van der Waals surface area contributed by atoms with Gasteiger partial charge >= 0.3 is 0 Å². The highest BCUT2D eigenvalue weighted by molar-refractivity contribution is 7.89. The number of rotatable bonds is 6. The standard InChI is InChI=1S/C17H34N4O2S/c1-4-18-16(19-14-17(3)10-6-7-11-17)20-15-8-12-21(13-9-15)24(22,23)5-2/h15H,4-14H2,1-3H3,(H2,18,19,20). The molecule has 2 fully saturated rings. The van der Waals surface area contributed by atoms with Gasteiger partial charge in [-0.2, -0.15) is 0 Å². The minimum atomic E-state index is -3.05. The van der Waals surface area contributed by atoms with E-state index in [9.17, 15) is 8.42 Å². The summed E-state index contributed by atoms with van der Waals surface area (Å²) in [4.78, 5) is 4.81. The van der Waals surface area contributed by atoms with Crippen molar-refractivity contribution in [1.29, 1.82) is 0 Å². The van der Waals surface area contributed by atoms with Crippen molar-refractivity contribution >= 4 is 16.0 Å². The summed E-state index contributed by atoms with van der Waals surface area (Å²) in [7, 11) is -3.05. The first-order valence-corrected chi connectivity index (χ1v) is 11.0. The van der Waals surface area contributed by atoms with Gasteiger partial charge in [-0.3, -0.25) is 4.99 Å². The topological polar surface area (TPSA) is 73.8 Å². The van der Waals surface area contributed by atoms with Crippen molar-refractivity contribution < 1.29 is 8.42 Å². The van der Waals surface area contributed by atoms with Gasteiger partial charge in [0.2, 0.25) is 10.0 Å². The monoisotopic (exact) mass is 358 g/mol. The zero-order chi connectivity index (χ0) is 17.6. The van der Waals surface area contributed by atoms with E-state index in [0.29, 0.717) is 24.5 Å². The normalized spacial score (nSPS) is 23.4. The molecule has 0 atom stereocenters. The second-order valence-electron chi connectivity index (χ2n) is 7.43. The van der Waals surface area contributed by atoms with E-state index >= 15 is 0 Å². The van der Waals surface area contributed by atoms with E-state index in [-0.39, 0.29) is 5.75 Å². The Kier molecular flexibility index (Phi) is 6.92. The molecule has 1 aliphatic heterocycles. The van der Waals surface area contributed by atoms with Crippen LogP contribution in [0.4, 0.5) is 0 Å². The second-order valence-corrected chi connectivity index (χ2v) is 9.69. The molecule has 2 aliphatic rings. The van der Waals surface area contributed by atoms with E-state index in [4.69, 9.17) is 4.99 Å². The van der Waals surface area contributed by atoms with Crippen molar-refractivity contribution in [2.75, 3.05) is 31.9 Å². The molecule has 0 radical (unpaired) electrons. The highest BCUT2D eigenvalue weighted by atomic mass is 32.2. The molecule has 1 saturated heterocycles. The highest BCUT2D eigenvalue weighted by Crippen LogP contribution is 2.37. The fourth-order valence-electron chi connectivity index (χ4n) is 3.63. The minimum Gasteiger partial charge on any atom is -0.357 e. The molecular formula is C17H34N4O2S. The zero-order valence-electron chi connectivity index (χ0n) is 15.5. The van der Waals surface area contributed by atoms with Gasteiger partial charge in [-0.15, -0.1) is 0 Å². The smallest absolute Gasteiger partial charge is 0.213 e. The lowest BCUT2D eigenvalue weighted by atomic mass is 9.89. The number of nitrogens with zero attached hydrogens (tertiary/aromatic N) is 2. The van der Waals surface area contributed by atoms with Crippen LogP contribution in [0.3, 0.4) is 0 Å². The Morgan fingerprint density at radius 3 is 2.38 bits per heavy atom. The van der Waals surface area contributed by atoms with Crippen LogP contribution < -0.4 is 10.6 Å². The number of hydrogen-bond donors (Lipinski definition) is 2. The van der Waals surface area contributed by atoms with Crippen molar-refractivity contribution in [1.82, 2.24) is 14.9 Å². The number of sulfonamides is 1. The summed E-state index contributed by atoms with van der Waals surface area (Å²) in [6.45, 7) is 9.03. The van der Waals surface area contributed by atoms with E-state index in [1.54, 1.807) is 11.2 Å². The van der Waals surface area contributed by atoms with Crippen LogP contribution in [0.15, 0.2) is 4.99 Å². The maximum absolute atomic E-state index is 11.9. The van der Waals surface area contributed by atoms with Crippen LogP contribution in [0.1, 0.15) is 59.3 Å². The van der Waals surface area contributed by atoms with Crippen LogP contribution in [-0.4, -0.2) is 56.7 Å². The largest absolute Gasteiger partial charge is 0.357 e. The van der Waals surface area contributed by atoms with Crippen LogP contribution in [-0.2, 0) is 10.0 Å². The number of piperidine rings is 1. The molecule has 1 heterocycles. The van der Waals surface area contributed by atoms with Crippen molar-refractivity contribution in [2.24, 2.45) is 10.4 Å². The number of guanidine groups is 1. The van der Waals surface area contributed by atoms with Crippen LogP contribution >= 0.6 is 0 Å². The van der Waals surface area contributed by atoms with Gasteiger partial charge in [0.15, 0.2) is 5.96 Å². The van der Waals surface area contributed by atoms with Gasteiger partial charge in [-0.1, -0.05) is 19.8 Å². The van der Waals surface area contributed by atoms with Gasteiger partial charge in [0.25, 0.3) is 0 Å². The summed E-state index contributed by atoms with van der Waals surface area (Å²) in [5.41, 5.74) is 0.348. The van der Waals surface area contributed by atoms with Gasteiger partial charge in [-0.25, -0.2) is 12.7 Å². The van der Waals surface area contributed by atoms with E-state index < -0.39 is 10.0 Å². The number of aliphatic imine (C=N–C) groups is 1. The average Bonchev–Trinajstić information content (AvgIpc) is 3.00. The molecule has 0 unspecified atom stereocenters. The second kappa shape index (κ2) is 8.52. The summed E-state index contributed by atoms with van der Waals surface area (Å²) in [5, 5.41) is 6.84. The van der Waals surface area contributed by atoms with Gasteiger partial charge in [0, 0.05) is 32.2 Å². The first-order valence-electron chi connectivity index (χ1n) is 9.41. The molecule has 0 spiro atoms. The van der Waals surface area contributed by atoms with Crippen LogP contribution in [0.25, 0.3) is 0 Å². The SMILES string of the molecule is CCNC(=NCC1(C)CCCC1)NC1CCN(S(=O)(=O)CC)CC1. The third-order valence-electron chi connectivity index (χ3n) is 5.33. The molecule has 2 N–H and O–H groups in total. The third kappa shape index (κ3) is 5.34. The lowest BCUT2D eigenvalue weighted by Crippen LogP contribution is -2.50. The number of nitrogens with one attached hydrogen (secondary N) is 2. The summed E-state index contributed by atoms with van der Waals surface area (Å²) < 4.78 is 25.5. The molecule has 1 aliphatic carbocycles. The Bertz CT molecular complexity index is 519. The van der Waals surface area contributed by atoms with E-state index in [1.807, 2.05) is 0 Å². The molecule has 2 rings (SSSR count). The maximum atomic E-state index is 11.9. The van der Waals surface area contributed by atoms with Gasteiger partial charge in [-0.05, 0) is 44.9 Å². The molecule has 0 amide bonds. The minimum absolute atomic E-state index is 0.188. The predicted octanol–water partition coefficient (Wildman–Crippen LogP) is 1.94. The third-order valence-corrected chi connectivity index (χ3v) is 7.21. The summed E-state index contributed by atoms with van der Waals surface area (Å²) in [6.07, 6.45) is 6.84. The Morgan fingerprint density at radius 2 is 1.83 bits per heavy atom. The highest BCUT2D eigenvalue weighted by Gasteiger charge is 2.29. The Balaban J connectivity index is 1.87.